The van der Waals surface area contributed by atoms with Gasteiger partial charge in [0.25, 0.3) is 0 Å². The van der Waals surface area contributed by atoms with E-state index in [-0.39, 0.29) is 5.84 Å². The van der Waals surface area contributed by atoms with Gasteiger partial charge in [0, 0.05) is 24.5 Å². The van der Waals surface area contributed by atoms with Crippen LogP contribution in [-0.4, -0.2) is 24.0 Å². The van der Waals surface area contributed by atoms with Gasteiger partial charge < -0.3 is 21.5 Å². The Hall–Kier alpha value is -2.87. The topological polar surface area (TPSA) is 130 Å². The summed E-state index contributed by atoms with van der Waals surface area (Å²) in [6.45, 7) is 0. The Balaban J connectivity index is 0.000000242. The highest BCUT2D eigenvalue weighted by molar-refractivity contribution is 9.11. The minimum absolute atomic E-state index is 0.123. The van der Waals surface area contributed by atoms with E-state index < -0.39 is 0 Å². The zero-order chi connectivity index (χ0) is 23.9. The Morgan fingerprint density at radius 3 is 1.50 bits per heavy atom. The van der Waals surface area contributed by atoms with Crippen LogP contribution in [0.25, 0.3) is 0 Å². The fraction of sp³-hybridized carbons (Fsp3) is 0.0455. The summed E-state index contributed by atoms with van der Waals surface area (Å²) in [5, 5.41) is 23.1. The van der Waals surface area contributed by atoms with E-state index >= 15 is 0 Å². The van der Waals surface area contributed by atoms with Gasteiger partial charge in [0.2, 0.25) is 0 Å². The summed E-state index contributed by atoms with van der Waals surface area (Å²) >= 11 is 9.86. The third-order valence-corrected chi connectivity index (χ3v) is 5.14. The molecule has 3 aromatic carbocycles. The van der Waals surface area contributed by atoms with Crippen molar-refractivity contribution >= 4 is 59.5 Å². The first kappa shape index (κ1) is 27.2. The average molecular weight is 626 g/mol. The van der Waals surface area contributed by atoms with Crippen LogP contribution in [0.15, 0.2) is 96.5 Å². The molecule has 0 radical (unpaired) electrons. The lowest BCUT2D eigenvalue weighted by Gasteiger charge is -1.98. The summed E-state index contributed by atoms with van der Waals surface area (Å²) in [5.74, 6) is 0.502. The maximum atomic E-state index is 8.36. The van der Waals surface area contributed by atoms with E-state index in [1.54, 1.807) is 24.3 Å². The smallest absolute Gasteiger partial charge is 0.170 e. The van der Waals surface area contributed by atoms with Crippen molar-refractivity contribution in [2.75, 3.05) is 7.11 Å². The predicted molar refractivity (Wildman–Crippen MR) is 137 cm³/mol. The lowest BCUT2D eigenvalue weighted by molar-refractivity contribution is 0.213. The van der Waals surface area contributed by atoms with Crippen LogP contribution < -0.4 is 11.5 Å². The van der Waals surface area contributed by atoms with Gasteiger partial charge in [0.15, 0.2) is 11.7 Å². The zero-order valence-electron chi connectivity index (χ0n) is 16.9. The van der Waals surface area contributed by atoms with E-state index in [0.717, 1.165) is 19.0 Å². The van der Waals surface area contributed by atoms with Crippen molar-refractivity contribution in [3.05, 3.63) is 103 Å². The zero-order valence-corrected chi connectivity index (χ0v) is 21.7. The molecule has 10 heteroatoms. The molecule has 0 aromatic heterocycles. The molecule has 0 saturated heterocycles. The Kier molecular flexibility index (Phi) is 12.7. The highest BCUT2D eigenvalue weighted by Crippen LogP contribution is 2.11. The molecule has 0 bridgehead atoms. The van der Waals surface area contributed by atoms with Gasteiger partial charge in [-0.2, -0.15) is 5.26 Å². The summed E-state index contributed by atoms with van der Waals surface area (Å²) in [6, 6.07) is 24.0. The molecule has 0 saturated carbocycles. The fourth-order valence-electron chi connectivity index (χ4n) is 1.97. The minimum Gasteiger partial charge on any atom is -0.409 e. The second-order valence-corrected chi connectivity index (χ2v) is 8.52. The molecule has 0 heterocycles. The number of oxime groups is 2. The van der Waals surface area contributed by atoms with E-state index in [1.807, 2.05) is 54.6 Å². The SMILES string of the molecule is CO/N=C(\N)c1ccc(Br)cc1.N#Cc1ccc(Br)cc1.N/C(=N\O)c1ccc(Br)cc1. The highest BCUT2D eigenvalue weighted by Gasteiger charge is 1.97. The second kappa shape index (κ2) is 15.0. The standard InChI is InChI=1S/C8H9BrN2O.C7H7BrN2O.C7H4BrN/c1-12-11-8(10)6-2-4-7(9)5-3-6;8-6-3-1-5(2-4-6)7(9)10-11;8-7-3-1-6(5-9)2-4-7/h2-5H,1H3,(H2,10,11);1-4,11H,(H2,9,10);1-4H. The van der Waals surface area contributed by atoms with E-state index in [2.05, 4.69) is 62.9 Å². The van der Waals surface area contributed by atoms with Crippen LogP contribution in [0.5, 0.6) is 0 Å². The quantitative estimate of drug-likeness (QED) is 0.151. The van der Waals surface area contributed by atoms with E-state index in [1.165, 1.54) is 7.11 Å². The Labute approximate surface area is 211 Å². The van der Waals surface area contributed by atoms with Crippen LogP contribution in [-0.2, 0) is 4.84 Å². The molecular formula is C22H20Br3N5O2. The summed E-state index contributed by atoms with van der Waals surface area (Å²) in [7, 11) is 1.46. The van der Waals surface area contributed by atoms with Gasteiger partial charge >= 0.3 is 0 Å². The van der Waals surface area contributed by atoms with Gasteiger partial charge in [-0.25, -0.2) is 0 Å². The molecule has 5 N–H and O–H groups in total. The molecule has 166 valence electrons. The lowest BCUT2D eigenvalue weighted by atomic mass is 10.2. The van der Waals surface area contributed by atoms with Crippen LogP contribution >= 0.6 is 47.8 Å². The van der Waals surface area contributed by atoms with Crippen molar-refractivity contribution < 1.29 is 10.0 Å². The van der Waals surface area contributed by atoms with Crippen molar-refractivity contribution in [1.29, 1.82) is 5.26 Å². The maximum absolute atomic E-state index is 8.36. The van der Waals surface area contributed by atoms with Gasteiger partial charge in [0.05, 0.1) is 11.6 Å². The Morgan fingerprint density at radius 2 is 1.16 bits per heavy atom. The number of rotatable bonds is 3. The first-order chi connectivity index (χ1) is 15.3. The molecule has 32 heavy (non-hydrogen) atoms. The number of nitriles is 1. The number of benzene rings is 3. The third kappa shape index (κ3) is 10.4. The first-order valence-corrected chi connectivity index (χ1v) is 11.2. The van der Waals surface area contributed by atoms with Gasteiger partial charge in [-0.3, -0.25) is 0 Å². The number of amidine groups is 2. The largest absolute Gasteiger partial charge is 0.409 e. The highest BCUT2D eigenvalue weighted by atomic mass is 79.9. The van der Waals surface area contributed by atoms with Crippen molar-refractivity contribution in [2.45, 2.75) is 0 Å². The van der Waals surface area contributed by atoms with Gasteiger partial charge in [0.1, 0.15) is 7.11 Å². The Morgan fingerprint density at radius 1 is 0.781 bits per heavy atom. The molecule has 0 amide bonds. The summed E-state index contributed by atoms with van der Waals surface area (Å²) in [6.07, 6.45) is 0. The van der Waals surface area contributed by atoms with Crippen LogP contribution in [0.3, 0.4) is 0 Å². The molecule has 0 fully saturated rings. The first-order valence-electron chi connectivity index (χ1n) is 8.82. The molecule has 3 rings (SSSR count). The normalized spacial score (nSPS) is 10.6. The number of halogens is 3. The van der Waals surface area contributed by atoms with Gasteiger partial charge in [-0.1, -0.05) is 82.4 Å². The number of nitrogens with two attached hydrogens (primary N) is 2. The monoisotopic (exact) mass is 623 g/mol. The van der Waals surface area contributed by atoms with Crippen molar-refractivity contribution in [3.63, 3.8) is 0 Å². The second-order valence-electron chi connectivity index (χ2n) is 5.78. The fourth-order valence-corrected chi connectivity index (χ4v) is 2.77. The molecule has 0 aliphatic carbocycles. The van der Waals surface area contributed by atoms with E-state index in [9.17, 15) is 0 Å². The summed E-state index contributed by atoms with van der Waals surface area (Å²) in [4.78, 5) is 4.54. The van der Waals surface area contributed by atoms with Crippen LogP contribution in [0, 0.1) is 11.3 Å². The number of nitrogens with zero attached hydrogens (tertiary/aromatic N) is 3. The van der Waals surface area contributed by atoms with Crippen LogP contribution in [0.4, 0.5) is 0 Å². The molecule has 0 aliphatic rings. The van der Waals surface area contributed by atoms with Gasteiger partial charge in [-0.15, -0.1) is 0 Å². The summed E-state index contributed by atoms with van der Waals surface area (Å²) in [5.41, 5.74) is 13.1. The lowest BCUT2D eigenvalue weighted by Crippen LogP contribution is -2.13. The third-order valence-electron chi connectivity index (χ3n) is 3.55. The van der Waals surface area contributed by atoms with E-state index in [0.29, 0.717) is 17.0 Å². The molecule has 7 nitrogen and oxygen atoms in total. The minimum atomic E-state index is 0.123. The maximum Gasteiger partial charge on any atom is 0.170 e. The molecule has 3 aromatic rings. The number of hydrogen-bond acceptors (Lipinski definition) is 5. The van der Waals surface area contributed by atoms with Crippen LogP contribution in [0.2, 0.25) is 0 Å². The average Bonchev–Trinajstić information content (AvgIpc) is 2.81. The predicted octanol–water partition coefficient (Wildman–Crippen LogP) is 5.58. The molecular weight excluding hydrogens is 606 g/mol. The van der Waals surface area contributed by atoms with Gasteiger partial charge in [-0.05, 0) is 48.5 Å². The van der Waals surface area contributed by atoms with Crippen LogP contribution in [0.1, 0.15) is 16.7 Å². The number of hydrogen-bond donors (Lipinski definition) is 3. The van der Waals surface area contributed by atoms with E-state index in [4.69, 9.17) is 21.9 Å². The molecule has 0 unspecified atom stereocenters. The van der Waals surface area contributed by atoms with Crippen molar-refractivity contribution in [1.82, 2.24) is 0 Å². The van der Waals surface area contributed by atoms with Crippen molar-refractivity contribution in [2.24, 2.45) is 21.8 Å². The molecule has 0 spiro atoms. The Bertz CT molecular complexity index is 1060. The summed E-state index contributed by atoms with van der Waals surface area (Å²) < 4.78 is 2.98. The van der Waals surface area contributed by atoms with Crippen molar-refractivity contribution in [3.8, 4) is 6.07 Å². The molecule has 0 atom stereocenters. The molecule has 0 aliphatic heterocycles.